The average molecular weight is 451 g/mol. The molecular weight excluding hydrogens is 433 g/mol. The van der Waals surface area contributed by atoms with Gasteiger partial charge in [0.2, 0.25) is 0 Å². The molecule has 0 fully saturated rings. The van der Waals surface area contributed by atoms with Gasteiger partial charge in [-0.1, -0.05) is 47.5 Å². The van der Waals surface area contributed by atoms with Gasteiger partial charge in [0.1, 0.15) is 12.4 Å². The highest BCUT2D eigenvalue weighted by atomic mass is 79.9. The molecule has 5 heteroatoms. The van der Waals surface area contributed by atoms with Crippen LogP contribution < -0.4 is 10.1 Å². The number of rotatable bonds is 6. The molecule has 0 heterocycles. The minimum atomic E-state index is 0.495. The second kappa shape index (κ2) is 8.81. The summed E-state index contributed by atoms with van der Waals surface area (Å²) in [5.74, 6) is 0.808. The first kappa shape index (κ1) is 19.1. The lowest BCUT2D eigenvalue weighted by Gasteiger charge is -2.12. The molecule has 0 aliphatic rings. The SMILES string of the molecule is Cc1ccc(Cl)cc1NCc1ccc(OCc2ccc(Cl)cc2)c(Br)c1. The molecule has 0 aromatic heterocycles. The second-order valence-corrected chi connectivity index (χ2v) is 7.72. The first-order valence-corrected chi connectivity index (χ1v) is 9.72. The van der Waals surface area contributed by atoms with E-state index in [9.17, 15) is 0 Å². The quantitative estimate of drug-likeness (QED) is 0.426. The summed E-state index contributed by atoms with van der Waals surface area (Å²) in [7, 11) is 0. The van der Waals surface area contributed by atoms with Gasteiger partial charge in [-0.3, -0.25) is 0 Å². The van der Waals surface area contributed by atoms with Crippen molar-refractivity contribution in [3.8, 4) is 5.75 Å². The maximum atomic E-state index is 6.07. The van der Waals surface area contributed by atoms with Crippen molar-refractivity contribution in [2.75, 3.05) is 5.32 Å². The van der Waals surface area contributed by atoms with Crippen LogP contribution >= 0.6 is 39.1 Å². The Hall–Kier alpha value is -1.68. The van der Waals surface area contributed by atoms with Crippen molar-refractivity contribution in [1.29, 1.82) is 0 Å². The van der Waals surface area contributed by atoms with Crippen LogP contribution in [0.1, 0.15) is 16.7 Å². The molecule has 0 spiro atoms. The van der Waals surface area contributed by atoms with E-state index < -0.39 is 0 Å². The number of benzene rings is 3. The van der Waals surface area contributed by atoms with Crippen molar-refractivity contribution < 1.29 is 4.74 Å². The number of anilines is 1. The van der Waals surface area contributed by atoms with E-state index in [1.54, 1.807) is 0 Å². The summed E-state index contributed by atoms with van der Waals surface area (Å²) in [5.41, 5.74) is 4.42. The van der Waals surface area contributed by atoms with Crippen LogP contribution in [0.25, 0.3) is 0 Å². The molecule has 0 unspecified atom stereocenters. The van der Waals surface area contributed by atoms with Crippen LogP contribution in [0.3, 0.4) is 0 Å². The van der Waals surface area contributed by atoms with Gasteiger partial charge in [0.15, 0.2) is 0 Å². The van der Waals surface area contributed by atoms with Gasteiger partial charge in [-0.15, -0.1) is 0 Å². The van der Waals surface area contributed by atoms with Gasteiger partial charge >= 0.3 is 0 Å². The van der Waals surface area contributed by atoms with E-state index in [-0.39, 0.29) is 0 Å². The molecule has 0 aliphatic carbocycles. The molecule has 1 N–H and O–H groups in total. The molecule has 2 nitrogen and oxygen atoms in total. The molecule has 26 heavy (non-hydrogen) atoms. The maximum Gasteiger partial charge on any atom is 0.134 e. The number of halogens is 3. The Labute approximate surface area is 172 Å². The average Bonchev–Trinajstić information content (AvgIpc) is 2.63. The molecule has 0 amide bonds. The zero-order chi connectivity index (χ0) is 18.5. The number of hydrogen-bond acceptors (Lipinski definition) is 2. The van der Waals surface area contributed by atoms with E-state index in [1.165, 1.54) is 0 Å². The molecule has 3 aromatic rings. The monoisotopic (exact) mass is 449 g/mol. The van der Waals surface area contributed by atoms with Gasteiger partial charge in [-0.05, 0) is 75.9 Å². The molecule has 0 aliphatic heterocycles. The zero-order valence-corrected chi connectivity index (χ0v) is 17.3. The summed E-state index contributed by atoms with van der Waals surface area (Å²) < 4.78 is 6.81. The Balaban J connectivity index is 1.61. The number of ether oxygens (including phenoxy) is 1. The normalized spacial score (nSPS) is 10.6. The molecule has 0 atom stereocenters. The largest absolute Gasteiger partial charge is 0.488 e. The van der Waals surface area contributed by atoms with Gasteiger partial charge < -0.3 is 10.1 Å². The van der Waals surface area contributed by atoms with Crippen LogP contribution in [0.4, 0.5) is 5.69 Å². The summed E-state index contributed by atoms with van der Waals surface area (Å²) in [6.07, 6.45) is 0. The first-order chi connectivity index (χ1) is 12.5. The molecule has 3 aromatic carbocycles. The Kier molecular flexibility index (Phi) is 6.47. The molecule has 3 rings (SSSR count). The van der Waals surface area contributed by atoms with E-state index in [0.717, 1.165) is 42.6 Å². The molecule has 134 valence electrons. The van der Waals surface area contributed by atoms with Crippen LogP contribution in [0, 0.1) is 6.92 Å². The summed E-state index contributed by atoms with van der Waals surface area (Å²) in [4.78, 5) is 0. The fourth-order valence-corrected chi connectivity index (χ4v) is 3.33. The summed E-state index contributed by atoms with van der Waals surface area (Å²) in [5, 5.41) is 4.87. The number of hydrogen-bond donors (Lipinski definition) is 1. The Morgan fingerprint density at radius 2 is 1.58 bits per heavy atom. The fraction of sp³-hybridized carbons (Fsp3) is 0.143. The lowest BCUT2D eigenvalue weighted by Crippen LogP contribution is -2.02. The minimum Gasteiger partial charge on any atom is -0.488 e. The van der Waals surface area contributed by atoms with E-state index in [4.69, 9.17) is 27.9 Å². The van der Waals surface area contributed by atoms with Crippen molar-refractivity contribution in [3.05, 3.63) is 91.9 Å². The third-order valence-corrected chi connectivity index (χ3v) is 5.09. The zero-order valence-electron chi connectivity index (χ0n) is 14.2. The van der Waals surface area contributed by atoms with Gasteiger partial charge in [0.25, 0.3) is 0 Å². The third kappa shape index (κ3) is 5.16. The third-order valence-electron chi connectivity index (χ3n) is 3.99. The number of aryl methyl sites for hydroxylation is 1. The van der Waals surface area contributed by atoms with Crippen LogP contribution in [-0.2, 0) is 13.2 Å². The van der Waals surface area contributed by atoms with Crippen molar-refractivity contribution in [3.63, 3.8) is 0 Å². The molecule has 0 saturated carbocycles. The number of nitrogens with one attached hydrogen (secondary N) is 1. The molecule has 0 radical (unpaired) electrons. The van der Waals surface area contributed by atoms with Crippen LogP contribution in [-0.4, -0.2) is 0 Å². The Morgan fingerprint density at radius 3 is 2.31 bits per heavy atom. The summed E-state index contributed by atoms with van der Waals surface area (Å²) >= 11 is 15.6. The molecule has 0 saturated heterocycles. The predicted octanol–water partition coefficient (Wildman–Crippen LogP) is 7.26. The Bertz CT molecular complexity index is 897. The standard InChI is InChI=1S/C21H18BrCl2NO/c1-14-2-6-18(24)11-20(14)25-12-16-5-9-21(19(22)10-16)26-13-15-3-7-17(23)8-4-15/h2-11,25H,12-13H2,1H3. The topological polar surface area (TPSA) is 21.3 Å². The first-order valence-electron chi connectivity index (χ1n) is 8.17. The predicted molar refractivity (Wildman–Crippen MR) is 113 cm³/mol. The van der Waals surface area contributed by atoms with Gasteiger partial charge in [-0.25, -0.2) is 0 Å². The van der Waals surface area contributed by atoms with Crippen LogP contribution in [0.5, 0.6) is 5.75 Å². The van der Waals surface area contributed by atoms with E-state index >= 15 is 0 Å². The van der Waals surface area contributed by atoms with Crippen molar-refractivity contribution in [1.82, 2.24) is 0 Å². The van der Waals surface area contributed by atoms with Crippen molar-refractivity contribution >= 4 is 44.8 Å². The van der Waals surface area contributed by atoms with Crippen LogP contribution in [0.15, 0.2) is 65.1 Å². The molecule has 0 bridgehead atoms. The second-order valence-electron chi connectivity index (χ2n) is 5.99. The fourth-order valence-electron chi connectivity index (χ4n) is 2.50. The van der Waals surface area contributed by atoms with Gasteiger partial charge in [0, 0.05) is 22.3 Å². The maximum absolute atomic E-state index is 6.07. The lowest BCUT2D eigenvalue weighted by atomic mass is 10.1. The summed E-state index contributed by atoms with van der Waals surface area (Å²) in [6.45, 7) is 3.26. The van der Waals surface area contributed by atoms with Crippen molar-refractivity contribution in [2.24, 2.45) is 0 Å². The highest BCUT2D eigenvalue weighted by molar-refractivity contribution is 9.10. The highest BCUT2D eigenvalue weighted by Crippen LogP contribution is 2.28. The summed E-state index contributed by atoms with van der Waals surface area (Å²) in [6, 6.07) is 19.6. The van der Waals surface area contributed by atoms with Gasteiger partial charge in [0.05, 0.1) is 4.47 Å². The van der Waals surface area contributed by atoms with Crippen LogP contribution in [0.2, 0.25) is 10.0 Å². The minimum absolute atomic E-state index is 0.495. The van der Waals surface area contributed by atoms with Crippen molar-refractivity contribution in [2.45, 2.75) is 20.1 Å². The Morgan fingerprint density at radius 1 is 0.885 bits per heavy atom. The van der Waals surface area contributed by atoms with E-state index in [2.05, 4.69) is 40.3 Å². The smallest absolute Gasteiger partial charge is 0.134 e. The van der Waals surface area contributed by atoms with Gasteiger partial charge in [-0.2, -0.15) is 0 Å². The lowest BCUT2D eigenvalue weighted by molar-refractivity contribution is 0.304. The van der Waals surface area contributed by atoms with E-state index in [0.29, 0.717) is 13.2 Å². The van der Waals surface area contributed by atoms with E-state index in [1.807, 2.05) is 48.5 Å². The molecular formula is C21H18BrCl2NO. The highest BCUT2D eigenvalue weighted by Gasteiger charge is 2.05.